The van der Waals surface area contributed by atoms with Crippen molar-refractivity contribution in [3.63, 3.8) is 0 Å². The van der Waals surface area contributed by atoms with Crippen LogP contribution < -0.4 is 11.1 Å². The van der Waals surface area contributed by atoms with E-state index in [1.54, 1.807) is 0 Å². The van der Waals surface area contributed by atoms with E-state index in [0.29, 0.717) is 18.5 Å². The number of nitrogens with one attached hydrogen (secondary N) is 1. The van der Waals surface area contributed by atoms with Crippen LogP contribution in [0, 0.1) is 5.92 Å². The van der Waals surface area contributed by atoms with Crippen molar-refractivity contribution in [3.05, 3.63) is 23.8 Å². The van der Waals surface area contributed by atoms with Crippen LogP contribution in [0.4, 0.5) is 0 Å². The molecule has 0 aromatic rings. The quantitative estimate of drug-likeness (QED) is 0.687. The molecule has 13 heavy (non-hydrogen) atoms. The largest absolute Gasteiger partial charge is 0.327 e. The summed E-state index contributed by atoms with van der Waals surface area (Å²) in [4.78, 5) is 0. The van der Waals surface area contributed by atoms with Gasteiger partial charge in [-0.15, -0.1) is 0 Å². The standard InChI is InChI=1S/C11H20N2/c1-9(2)13-8-11-5-3-10(7-12)4-6-11/h3-5,9,11,13H,6-8,12H2,1-2H3. The van der Waals surface area contributed by atoms with Crippen LogP contribution in [-0.2, 0) is 0 Å². The van der Waals surface area contributed by atoms with Crippen LogP contribution in [0.2, 0.25) is 0 Å². The average molecular weight is 180 g/mol. The molecule has 0 aromatic heterocycles. The Morgan fingerprint density at radius 1 is 1.62 bits per heavy atom. The van der Waals surface area contributed by atoms with Crippen molar-refractivity contribution in [2.45, 2.75) is 26.3 Å². The van der Waals surface area contributed by atoms with Crippen molar-refractivity contribution in [1.29, 1.82) is 0 Å². The van der Waals surface area contributed by atoms with Gasteiger partial charge in [-0.05, 0) is 17.9 Å². The van der Waals surface area contributed by atoms with Gasteiger partial charge < -0.3 is 11.1 Å². The van der Waals surface area contributed by atoms with Gasteiger partial charge in [-0.3, -0.25) is 0 Å². The van der Waals surface area contributed by atoms with Gasteiger partial charge in [0, 0.05) is 19.1 Å². The zero-order valence-electron chi connectivity index (χ0n) is 8.59. The molecule has 74 valence electrons. The molecule has 0 amide bonds. The van der Waals surface area contributed by atoms with Gasteiger partial charge in [-0.25, -0.2) is 0 Å². The lowest BCUT2D eigenvalue weighted by atomic mass is 9.96. The topological polar surface area (TPSA) is 38.0 Å². The molecule has 1 atom stereocenters. The number of rotatable bonds is 4. The molecule has 0 fully saturated rings. The summed E-state index contributed by atoms with van der Waals surface area (Å²) in [6.07, 6.45) is 7.78. The van der Waals surface area contributed by atoms with E-state index in [1.165, 1.54) is 5.57 Å². The van der Waals surface area contributed by atoms with Crippen molar-refractivity contribution < 1.29 is 0 Å². The first-order chi connectivity index (χ1) is 6.22. The Hall–Kier alpha value is -0.600. The highest BCUT2D eigenvalue weighted by Gasteiger charge is 2.07. The van der Waals surface area contributed by atoms with Crippen molar-refractivity contribution in [2.75, 3.05) is 13.1 Å². The fourth-order valence-corrected chi connectivity index (χ4v) is 1.40. The lowest BCUT2D eigenvalue weighted by Gasteiger charge is -2.17. The molecule has 1 unspecified atom stereocenters. The van der Waals surface area contributed by atoms with E-state index in [2.05, 4.69) is 37.4 Å². The summed E-state index contributed by atoms with van der Waals surface area (Å²) in [6, 6.07) is 0.577. The normalized spacial score (nSPS) is 22.2. The summed E-state index contributed by atoms with van der Waals surface area (Å²) >= 11 is 0. The van der Waals surface area contributed by atoms with E-state index in [9.17, 15) is 0 Å². The van der Waals surface area contributed by atoms with E-state index >= 15 is 0 Å². The van der Waals surface area contributed by atoms with Crippen LogP contribution in [0.5, 0.6) is 0 Å². The third-order valence-electron chi connectivity index (χ3n) is 2.29. The summed E-state index contributed by atoms with van der Waals surface area (Å²) in [5.41, 5.74) is 6.80. The van der Waals surface area contributed by atoms with Crippen LogP contribution in [0.15, 0.2) is 23.8 Å². The second kappa shape index (κ2) is 5.20. The summed E-state index contributed by atoms with van der Waals surface area (Å²) in [6.45, 7) is 6.09. The minimum absolute atomic E-state index is 0.577. The van der Waals surface area contributed by atoms with Crippen LogP contribution in [0.3, 0.4) is 0 Å². The fraction of sp³-hybridized carbons (Fsp3) is 0.636. The summed E-state index contributed by atoms with van der Waals surface area (Å²) in [5, 5.41) is 3.44. The molecule has 0 saturated heterocycles. The molecule has 3 N–H and O–H groups in total. The van der Waals surface area contributed by atoms with Crippen LogP contribution >= 0.6 is 0 Å². The van der Waals surface area contributed by atoms with Gasteiger partial charge in [0.05, 0.1) is 0 Å². The van der Waals surface area contributed by atoms with Gasteiger partial charge in [0.2, 0.25) is 0 Å². The molecule has 0 radical (unpaired) electrons. The molecular formula is C11H20N2. The Morgan fingerprint density at radius 2 is 2.38 bits per heavy atom. The van der Waals surface area contributed by atoms with Gasteiger partial charge in [-0.2, -0.15) is 0 Å². The van der Waals surface area contributed by atoms with Gasteiger partial charge in [0.1, 0.15) is 0 Å². The highest BCUT2D eigenvalue weighted by molar-refractivity contribution is 5.24. The van der Waals surface area contributed by atoms with Crippen molar-refractivity contribution in [1.82, 2.24) is 5.32 Å². The van der Waals surface area contributed by atoms with Gasteiger partial charge >= 0.3 is 0 Å². The Morgan fingerprint density at radius 3 is 2.85 bits per heavy atom. The van der Waals surface area contributed by atoms with E-state index in [-0.39, 0.29) is 0 Å². The lowest BCUT2D eigenvalue weighted by molar-refractivity contribution is 0.510. The number of nitrogens with two attached hydrogens (primary N) is 1. The highest BCUT2D eigenvalue weighted by Crippen LogP contribution is 2.14. The number of hydrogen-bond acceptors (Lipinski definition) is 2. The van der Waals surface area contributed by atoms with Crippen LogP contribution in [-0.4, -0.2) is 19.1 Å². The molecule has 2 heteroatoms. The summed E-state index contributed by atoms with van der Waals surface area (Å²) in [7, 11) is 0. The van der Waals surface area contributed by atoms with E-state index in [0.717, 1.165) is 13.0 Å². The van der Waals surface area contributed by atoms with Gasteiger partial charge in [0.25, 0.3) is 0 Å². The molecule has 2 nitrogen and oxygen atoms in total. The Balaban J connectivity index is 2.27. The third-order valence-corrected chi connectivity index (χ3v) is 2.29. The molecule has 0 aromatic carbocycles. The van der Waals surface area contributed by atoms with Crippen molar-refractivity contribution in [3.8, 4) is 0 Å². The van der Waals surface area contributed by atoms with Crippen molar-refractivity contribution >= 4 is 0 Å². The minimum atomic E-state index is 0.577. The molecular weight excluding hydrogens is 160 g/mol. The first kappa shape index (κ1) is 10.5. The third kappa shape index (κ3) is 3.75. The zero-order valence-corrected chi connectivity index (χ0v) is 8.59. The van der Waals surface area contributed by atoms with Crippen LogP contribution in [0.1, 0.15) is 20.3 Å². The molecule has 0 spiro atoms. The molecule has 1 rings (SSSR count). The minimum Gasteiger partial charge on any atom is -0.327 e. The monoisotopic (exact) mass is 180 g/mol. The maximum Gasteiger partial charge on any atom is 0.0174 e. The van der Waals surface area contributed by atoms with Gasteiger partial charge in [0.15, 0.2) is 0 Å². The molecule has 0 aliphatic heterocycles. The number of allylic oxidation sites excluding steroid dienone is 1. The average Bonchev–Trinajstić information content (AvgIpc) is 2.15. The molecule has 1 aliphatic rings. The van der Waals surface area contributed by atoms with Crippen molar-refractivity contribution in [2.24, 2.45) is 11.7 Å². The smallest absolute Gasteiger partial charge is 0.0174 e. The maximum absolute atomic E-state index is 5.54. The summed E-state index contributed by atoms with van der Waals surface area (Å²) < 4.78 is 0. The first-order valence-corrected chi connectivity index (χ1v) is 5.03. The molecule has 0 bridgehead atoms. The Bertz CT molecular complexity index is 204. The maximum atomic E-state index is 5.54. The fourth-order valence-electron chi connectivity index (χ4n) is 1.40. The SMILES string of the molecule is CC(C)NCC1C=CC(CN)=CC1. The predicted molar refractivity (Wildman–Crippen MR) is 57.5 cm³/mol. The highest BCUT2D eigenvalue weighted by atomic mass is 14.9. The molecule has 0 saturated carbocycles. The van der Waals surface area contributed by atoms with E-state index < -0.39 is 0 Å². The molecule has 0 heterocycles. The summed E-state index contributed by atoms with van der Waals surface area (Å²) in [5.74, 6) is 0.651. The zero-order chi connectivity index (χ0) is 9.68. The Labute approximate surface area is 80.9 Å². The molecule has 1 aliphatic carbocycles. The second-order valence-electron chi connectivity index (χ2n) is 3.90. The second-order valence-corrected chi connectivity index (χ2v) is 3.90. The predicted octanol–water partition coefficient (Wildman–Crippen LogP) is 1.45. The first-order valence-electron chi connectivity index (χ1n) is 5.03. The van der Waals surface area contributed by atoms with Crippen LogP contribution in [0.25, 0.3) is 0 Å². The Kier molecular flexibility index (Phi) is 4.19. The van der Waals surface area contributed by atoms with E-state index in [4.69, 9.17) is 5.73 Å². The number of hydrogen-bond donors (Lipinski definition) is 2. The van der Waals surface area contributed by atoms with E-state index in [1.807, 2.05) is 0 Å². The van der Waals surface area contributed by atoms with Gasteiger partial charge in [-0.1, -0.05) is 32.1 Å². The lowest BCUT2D eigenvalue weighted by Crippen LogP contribution is -2.28.